The molecule has 0 aromatic rings. The summed E-state index contributed by atoms with van der Waals surface area (Å²) in [6, 6.07) is 0. The number of nitrogens with zero attached hydrogens (tertiary/aromatic N) is 1. The lowest BCUT2D eigenvalue weighted by atomic mass is 10.6. The molecule has 1 heterocycles. The van der Waals surface area contributed by atoms with Gasteiger partial charge in [-0.05, 0) is 0 Å². The van der Waals surface area contributed by atoms with E-state index in [1.54, 1.807) is 0 Å². The van der Waals surface area contributed by atoms with Gasteiger partial charge < -0.3 is 0 Å². The predicted octanol–water partition coefficient (Wildman–Crippen LogP) is 0.960. The molecule has 1 aliphatic heterocycles. The minimum Gasteiger partial charge on any atom is -0.226 e. The number of hydrogen-bond donors (Lipinski definition) is 0. The molecule has 0 atom stereocenters. The van der Waals surface area contributed by atoms with Crippen LogP contribution in [0, 0.1) is 0 Å². The molecule has 0 aliphatic carbocycles. The summed E-state index contributed by atoms with van der Waals surface area (Å²) in [7, 11) is 2.09. The van der Waals surface area contributed by atoms with E-state index in [1.807, 2.05) is 17.8 Å². The van der Waals surface area contributed by atoms with E-state index in [-0.39, 0.29) is 0 Å². The first kappa shape index (κ1) is 5.89. The summed E-state index contributed by atoms with van der Waals surface area (Å²) in [6.07, 6.45) is 1.91. The first-order valence-electron chi connectivity index (χ1n) is 2.68. The molecule has 2 heteroatoms. The average molecular weight is 128 g/mol. The second-order valence-electron chi connectivity index (χ2n) is 1.81. The molecule has 1 nitrogen and oxygen atoms in total. The highest BCUT2D eigenvalue weighted by Gasteiger charge is 2.14. The summed E-state index contributed by atoms with van der Waals surface area (Å²) < 4.78 is 2.22. The maximum atomic E-state index is 3.69. The van der Waals surface area contributed by atoms with E-state index in [4.69, 9.17) is 0 Å². The average Bonchev–Trinajstić information content (AvgIpc) is 2.14. The highest BCUT2D eigenvalue weighted by molar-refractivity contribution is 8.14. The van der Waals surface area contributed by atoms with Gasteiger partial charge >= 0.3 is 0 Å². The Morgan fingerprint density at radius 2 is 2.62 bits per heavy atom. The normalized spacial score (nSPS) is 19.6. The molecule has 1 aliphatic rings. The van der Waals surface area contributed by atoms with Crippen molar-refractivity contribution in [3.63, 3.8) is 0 Å². The lowest BCUT2D eigenvalue weighted by Gasteiger charge is -1.83. The highest BCUT2D eigenvalue weighted by atomic mass is 32.2. The van der Waals surface area contributed by atoms with Crippen molar-refractivity contribution in [1.82, 2.24) is 0 Å². The van der Waals surface area contributed by atoms with Crippen LogP contribution < -0.4 is 0 Å². The molecule has 0 spiro atoms. The van der Waals surface area contributed by atoms with Gasteiger partial charge in [0.1, 0.15) is 7.05 Å². The van der Waals surface area contributed by atoms with Crippen molar-refractivity contribution < 1.29 is 4.58 Å². The van der Waals surface area contributed by atoms with E-state index in [0.717, 1.165) is 0 Å². The molecule has 44 valence electrons. The monoisotopic (exact) mass is 128 g/mol. The van der Waals surface area contributed by atoms with Crippen LogP contribution in [0.25, 0.3) is 0 Å². The van der Waals surface area contributed by atoms with Crippen LogP contribution in [-0.2, 0) is 0 Å². The van der Waals surface area contributed by atoms with Gasteiger partial charge in [-0.1, -0.05) is 18.3 Å². The van der Waals surface area contributed by atoms with Crippen LogP contribution >= 0.6 is 11.8 Å². The molecule has 0 aromatic heterocycles. The summed E-state index contributed by atoms with van der Waals surface area (Å²) in [6.45, 7) is 4.87. The lowest BCUT2D eigenvalue weighted by molar-refractivity contribution is -0.485. The van der Waals surface area contributed by atoms with Crippen molar-refractivity contribution in [3.05, 3.63) is 12.7 Å². The van der Waals surface area contributed by atoms with Crippen LogP contribution in [0.3, 0.4) is 0 Å². The van der Waals surface area contributed by atoms with Crippen molar-refractivity contribution >= 4 is 16.8 Å². The van der Waals surface area contributed by atoms with Crippen LogP contribution in [-0.4, -0.2) is 29.0 Å². The number of hydrogen-bond acceptors (Lipinski definition) is 1. The third-order valence-corrected chi connectivity index (χ3v) is 2.39. The molecule has 0 amide bonds. The van der Waals surface area contributed by atoms with E-state index in [0.29, 0.717) is 0 Å². The molecule has 0 fully saturated rings. The molecule has 0 saturated carbocycles. The fourth-order valence-corrected chi connectivity index (χ4v) is 1.73. The summed E-state index contributed by atoms with van der Waals surface area (Å²) in [5, 5.41) is 1.31. The van der Waals surface area contributed by atoms with Crippen molar-refractivity contribution in [2.75, 3.05) is 19.3 Å². The zero-order valence-electron chi connectivity index (χ0n) is 5.05. The topological polar surface area (TPSA) is 3.01 Å². The molecule has 0 N–H and O–H groups in total. The maximum Gasteiger partial charge on any atom is 0.234 e. The molecule has 8 heavy (non-hydrogen) atoms. The van der Waals surface area contributed by atoms with Gasteiger partial charge in [0.05, 0.1) is 5.75 Å². The second kappa shape index (κ2) is 2.35. The van der Waals surface area contributed by atoms with Gasteiger partial charge in [0.25, 0.3) is 0 Å². The van der Waals surface area contributed by atoms with Gasteiger partial charge in [-0.3, -0.25) is 0 Å². The first-order valence-corrected chi connectivity index (χ1v) is 3.66. The predicted molar refractivity (Wildman–Crippen MR) is 38.7 cm³/mol. The summed E-state index contributed by atoms with van der Waals surface area (Å²) in [5.41, 5.74) is 0. The third-order valence-electron chi connectivity index (χ3n) is 1.23. The molecule has 0 saturated heterocycles. The maximum absolute atomic E-state index is 3.69. The Labute approximate surface area is 54.1 Å². The highest BCUT2D eigenvalue weighted by Crippen LogP contribution is 2.09. The van der Waals surface area contributed by atoms with Crippen molar-refractivity contribution in [3.8, 4) is 0 Å². The number of rotatable bonds is 1. The van der Waals surface area contributed by atoms with Crippen LogP contribution in [0.15, 0.2) is 12.7 Å². The number of thioether (sulfide) groups is 1. The molecule has 1 rings (SSSR count). The molecule has 0 bridgehead atoms. The minimum atomic E-state index is 1.17. The van der Waals surface area contributed by atoms with Crippen LogP contribution in [0.4, 0.5) is 0 Å². The van der Waals surface area contributed by atoms with Crippen molar-refractivity contribution in [2.45, 2.75) is 0 Å². The fourth-order valence-electron chi connectivity index (χ4n) is 0.722. The van der Waals surface area contributed by atoms with Gasteiger partial charge in [-0.2, -0.15) is 0 Å². The van der Waals surface area contributed by atoms with Gasteiger partial charge in [0.2, 0.25) is 5.04 Å². The first-order chi connectivity index (χ1) is 3.84. The van der Waals surface area contributed by atoms with Crippen molar-refractivity contribution in [1.29, 1.82) is 0 Å². The fraction of sp³-hybridized carbons (Fsp3) is 0.500. The third kappa shape index (κ3) is 0.944. The van der Waals surface area contributed by atoms with Crippen LogP contribution in [0.5, 0.6) is 0 Å². The van der Waals surface area contributed by atoms with E-state index in [9.17, 15) is 0 Å². The zero-order chi connectivity index (χ0) is 5.98. The molecular formula is C6H10NS+. The minimum absolute atomic E-state index is 1.17. The molecular weight excluding hydrogens is 118 g/mol. The molecule has 0 aromatic carbocycles. The summed E-state index contributed by atoms with van der Waals surface area (Å²) >= 11 is 1.87. The second-order valence-corrected chi connectivity index (χ2v) is 2.93. The zero-order valence-corrected chi connectivity index (χ0v) is 5.87. The van der Waals surface area contributed by atoms with E-state index in [1.165, 1.54) is 17.3 Å². The van der Waals surface area contributed by atoms with Crippen LogP contribution in [0.2, 0.25) is 0 Å². The quantitative estimate of drug-likeness (QED) is 0.475. The van der Waals surface area contributed by atoms with Gasteiger partial charge in [0, 0.05) is 6.08 Å². The SMILES string of the molecule is C=CC1=[N+](C)CCS1. The van der Waals surface area contributed by atoms with E-state index >= 15 is 0 Å². The van der Waals surface area contributed by atoms with Gasteiger partial charge in [-0.25, -0.2) is 4.58 Å². The summed E-state index contributed by atoms with van der Waals surface area (Å²) in [4.78, 5) is 0. The van der Waals surface area contributed by atoms with E-state index in [2.05, 4.69) is 18.2 Å². The standard InChI is InChI=1S/C6H10NS/c1-3-6-7(2)4-5-8-6/h3H,1,4-5H2,2H3/q+1. The Kier molecular flexibility index (Phi) is 1.73. The van der Waals surface area contributed by atoms with Crippen LogP contribution in [0.1, 0.15) is 0 Å². The molecule has 0 unspecified atom stereocenters. The van der Waals surface area contributed by atoms with E-state index < -0.39 is 0 Å². The Balaban J connectivity index is 2.72. The Hall–Kier alpha value is -0.240. The van der Waals surface area contributed by atoms with Gasteiger partial charge in [0.15, 0.2) is 6.54 Å². The Morgan fingerprint density at radius 1 is 1.88 bits per heavy atom. The molecule has 0 radical (unpaired) electrons. The summed E-state index contributed by atoms with van der Waals surface area (Å²) in [5.74, 6) is 1.22. The largest absolute Gasteiger partial charge is 0.234 e. The smallest absolute Gasteiger partial charge is 0.226 e. The Morgan fingerprint density at radius 3 is 2.88 bits per heavy atom. The van der Waals surface area contributed by atoms with Crippen molar-refractivity contribution in [2.24, 2.45) is 0 Å². The van der Waals surface area contributed by atoms with Gasteiger partial charge in [-0.15, -0.1) is 0 Å². The Bertz CT molecular complexity index is 137. The lowest BCUT2D eigenvalue weighted by Crippen LogP contribution is -2.05.